The largest absolute Gasteiger partial charge is 0.378 e. The van der Waals surface area contributed by atoms with Crippen molar-refractivity contribution in [2.75, 3.05) is 39.9 Å². The summed E-state index contributed by atoms with van der Waals surface area (Å²) in [7, 11) is 2.23. The Morgan fingerprint density at radius 3 is 2.57 bits per heavy atom. The molecular weight excluding hydrogens is 266 g/mol. The molecule has 0 spiro atoms. The van der Waals surface area contributed by atoms with Crippen LogP contribution in [0.1, 0.15) is 38.5 Å². The Balaban J connectivity index is 1.35. The highest BCUT2D eigenvalue weighted by Gasteiger charge is 2.34. The van der Waals surface area contributed by atoms with Gasteiger partial charge in [0.05, 0.1) is 13.2 Å². The lowest BCUT2D eigenvalue weighted by molar-refractivity contribution is -0.135. The van der Waals surface area contributed by atoms with E-state index in [-0.39, 0.29) is 0 Å². The number of amides is 1. The first-order chi connectivity index (χ1) is 10.2. The van der Waals surface area contributed by atoms with Gasteiger partial charge >= 0.3 is 0 Å². The van der Waals surface area contributed by atoms with Gasteiger partial charge in [-0.2, -0.15) is 0 Å². The average molecular weight is 295 g/mol. The monoisotopic (exact) mass is 295 g/mol. The third kappa shape index (κ3) is 3.96. The molecular formula is C16H29N3O2. The second-order valence-corrected chi connectivity index (χ2v) is 6.84. The predicted molar refractivity (Wildman–Crippen MR) is 82.2 cm³/mol. The molecule has 2 atom stereocenters. The highest BCUT2D eigenvalue weighted by atomic mass is 16.5. The highest BCUT2D eigenvalue weighted by Crippen LogP contribution is 2.29. The number of carbonyl (C=O) groups excluding carboxylic acids is 1. The van der Waals surface area contributed by atoms with Crippen LogP contribution in [0.5, 0.6) is 0 Å². The standard InChI is InChI=1S/C16H29N3O2/c1-18(15-11-13-4-5-14(12-15)17-13)6-2-3-16(20)19-7-9-21-10-8-19/h13-15,17H,2-12H2,1H3. The Hall–Kier alpha value is -0.650. The van der Waals surface area contributed by atoms with E-state index in [2.05, 4.69) is 17.3 Å². The van der Waals surface area contributed by atoms with E-state index in [1.807, 2.05) is 4.90 Å². The van der Waals surface area contributed by atoms with Crippen LogP contribution in [0.4, 0.5) is 0 Å². The van der Waals surface area contributed by atoms with E-state index in [4.69, 9.17) is 4.74 Å². The molecule has 3 aliphatic rings. The van der Waals surface area contributed by atoms with E-state index in [1.165, 1.54) is 25.7 Å². The molecule has 0 saturated carbocycles. The Morgan fingerprint density at radius 2 is 1.90 bits per heavy atom. The van der Waals surface area contributed by atoms with Crippen LogP contribution >= 0.6 is 0 Å². The topological polar surface area (TPSA) is 44.8 Å². The third-order valence-corrected chi connectivity index (χ3v) is 5.34. The van der Waals surface area contributed by atoms with Gasteiger partial charge < -0.3 is 19.9 Å². The summed E-state index contributed by atoms with van der Waals surface area (Å²) in [5.74, 6) is 0.303. The smallest absolute Gasteiger partial charge is 0.222 e. The molecule has 120 valence electrons. The molecule has 2 unspecified atom stereocenters. The van der Waals surface area contributed by atoms with Crippen molar-refractivity contribution in [1.29, 1.82) is 0 Å². The summed E-state index contributed by atoms with van der Waals surface area (Å²) in [5, 5.41) is 3.69. The van der Waals surface area contributed by atoms with Crippen molar-refractivity contribution in [3.63, 3.8) is 0 Å². The summed E-state index contributed by atoms with van der Waals surface area (Å²) in [4.78, 5) is 16.5. The molecule has 21 heavy (non-hydrogen) atoms. The van der Waals surface area contributed by atoms with Crippen molar-refractivity contribution < 1.29 is 9.53 Å². The molecule has 3 aliphatic heterocycles. The minimum atomic E-state index is 0.303. The number of hydrogen-bond donors (Lipinski definition) is 1. The van der Waals surface area contributed by atoms with Crippen LogP contribution in [0.2, 0.25) is 0 Å². The van der Waals surface area contributed by atoms with Crippen molar-refractivity contribution in [1.82, 2.24) is 15.1 Å². The summed E-state index contributed by atoms with van der Waals surface area (Å²) < 4.78 is 5.29. The molecule has 3 fully saturated rings. The van der Waals surface area contributed by atoms with Gasteiger partial charge in [0.1, 0.15) is 0 Å². The molecule has 0 aliphatic carbocycles. The molecule has 0 aromatic heterocycles. The van der Waals surface area contributed by atoms with Crippen molar-refractivity contribution in [3.05, 3.63) is 0 Å². The van der Waals surface area contributed by atoms with Crippen LogP contribution in [-0.4, -0.2) is 73.7 Å². The summed E-state index contributed by atoms with van der Waals surface area (Å²) in [5.41, 5.74) is 0. The first-order valence-corrected chi connectivity index (χ1v) is 8.54. The number of piperidine rings is 1. The minimum Gasteiger partial charge on any atom is -0.378 e. The zero-order chi connectivity index (χ0) is 14.7. The molecule has 3 rings (SSSR count). The van der Waals surface area contributed by atoms with Crippen molar-refractivity contribution >= 4 is 5.91 Å². The van der Waals surface area contributed by atoms with Gasteiger partial charge in [0.25, 0.3) is 0 Å². The van der Waals surface area contributed by atoms with Gasteiger partial charge in [0.15, 0.2) is 0 Å². The van der Waals surface area contributed by atoms with Crippen LogP contribution in [0.15, 0.2) is 0 Å². The minimum absolute atomic E-state index is 0.303. The Labute approximate surface area is 128 Å². The molecule has 0 aromatic carbocycles. The number of rotatable bonds is 5. The Morgan fingerprint density at radius 1 is 1.24 bits per heavy atom. The zero-order valence-electron chi connectivity index (χ0n) is 13.2. The van der Waals surface area contributed by atoms with Crippen molar-refractivity contribution in [2.24, 2.45) is 0 Å². The first kappa shape index (κ1) is 15.3. The number of fused-ring (bicyclic) bond motifs is 2. The second kappa shape index (κ2) is 7.07. The molecule has 1 amide bonds. The van der Waals surface area contributed by atoms with Gasteiger partial charge in [-0.05, 0) is 45.7 Å². The van der Waals surface area contributed by atoms with Crippen molar-refractivity contribution in [2.45, 2.75) is 56.7 Å². The summed E-state index contributed by atoms with van der Waals surface area (Å²) in [6.45, 7) is 3.98. The summed E-state index contributed by atoms with van der Waals surface area (Å²) >= 11 is 0. The van der Waals surface area contributed by atoms with E-state index in [0.717, 1.165) is 38.1 Å². The van der Waals surface area contributed by atoms with E-state index in [0.29, 0.717) is 31.6 Å². The highest BCUT2D eigenvalue weighted by molar-refractivity contribution is 5.76. The fourth-order valence-electron chi connectivity index (χ4n) is 4.02. The Kier molecular flexibility index (Phi) is 5.14. The van der Waals surface area contributed by atoms with Crippen LogP contribution in [0, 0.1) is 0 Å². The number of morpholine rings is 1. The third-order valence-electron chi connectivity index (χ3n) is 5.34. The predicted octanol–water partition coefficient (Wildman–Crippen LogP) is 0.840. The number of carbonyl (C=O) groups is 1. The molecule has 5 heteroatoms. The quantitative estimate of drug-likeness (QED) is 0.816. The van der Waals surface area contributed by atoms with Gasteiger partial charge in [-0.25, -0.2) is 0 Å². The fourth-order valence-corrected chi connectivity index (χ4v) is 4.02. The molecule has 0 aromatic rings. The maximum absolute atomic E-state index is 12.1. The summed E-state index contributed by atoms with van der Waals surface area (Å²) in [6, 6.07) is 2.19. The van der Waals surface area contributed by atoms with Crippen LogP contribution in [-0.2, 0) is 9.53 Å². The van der Waals surface area contributed by atoms with Gasteiger partial charge in [-0.3, -0.25) is 4.79 Å². The molecule has 3 saturated heterocycles. The van der Waals surface area contributed by atoms with Gasteiger partial charge in [0, 0.05) is 37.6 Å². The zero-order valence-corrected chi connectivity index (χ0v) is 13.2. The molecule has 2 bridgehead atoms. The number of hydrogen-bond acceptors (Lipinski definition) is 4. The number of nitrogens with zero attached hydrogens (tertiary/aromatic N) is 2. The average Bonchev–Trinajstić information content (AvgIpc) is 2.86. The maximum Gasteiger partial charge on any atom is 0.222 e. The van der Waals surface area contributed by atoms with Gasteiger partial charge in [-0.15, -0.1) is 0 Å². The lowest BCUT2D eigenvalue weighted by atomic mass is 9.98. The van der Waals surface area contributed by atoms with Gasteiger partial charge in [0.2, 0.25) is 5.91 Å². The molecule has 0 radical (unpaired) electrons. The van der Waals surface area contributed by atoms with Crippen LogP contribution < -0.4 is 5.32 Å². The molecule has 3 heterocycles. The van der Waals surface area contributed by atoms with E-state index >= 15 is 0 Å². The fraction of sp³-hybridized carbons (Fsp3) is 0.938. The van der Waals surface area contributed by atoms with E-state index < -0.39 is 0 Å². The Bertz CT molecular complexity index is 345. The van der Waals surface area contributed by atoms with E-state index in [1.54, 1.807) is 0 Å². The normalized spacial score (nSPS) is 32.7. The first-order valence-electron chi connectivity index (χ1n) is 8.54. The number of nitrogens with one attached hydrogen (secondary N) is 1. The molecule has 5 nitrogen and oxygen atoms in total. The second-order valence-electron chi connectivity index (χ2n) is 6.84. The number of ether oxygens (including phenoxy) is 1. The SMILES string of the molecule is CN(CCCC(=O)N1CCOCC1)C1CC2CCC(C1)N2. The van der Waals surface area contributed by atoms with Crippen molar-refractivity contribution in [3.8, 4) is 0 Å². The maximum atomic E-state index is 12.1. The van der Waals surface area contributed by atoms with Gasteiger partial charge in [-0.1, -0.05) is 0 Å². The molecule has 1 N–H and O–H groups in total. The summed E-state index contributed by atoms with van der Waals surface area (Å²) in [6.07, 6.45) is 6.93. The lowest BCUT2D eigenvalue weighted by Crippen LogP contribution is -2.47. The van der Waals surface area contributed by atoms with Crippen LogP contribution in [0.25, 0.3) is 0 Å². The van der Waals surface area contributed by atoms with Crippen LogP contribution in [0.3, 0.4) is 0 Å². The lowest BCUT2D eigenvalue weighted by Gasteiger charge is -2.35. The van der Waals surface area contributed by atoms with E-state index in [9.17, 15) is 4.79 Å².